The van der Waals surface area contributed by atoms with Gasteiger partial charge in [-0.3, -0.25) is 9.59 Å². The average molecular weight is 1180 g/mol. The minimum atomic E-state index is -1.62. The van der Waals surface area contributed by atoms with Gasteiger partial charge in [-0.2, -0.15) is 0 Å². The van der Waals surface area contributed by atoms with Gasteiger partial charge in [-0.05, 0) is 70.6 Å². The van der Waals surface area contributed by atoms with E-state index < -0.39 is 67.4 Å². The molecule has 11 heteroatoms. The Kier molecular flexibility index (Phi) is 56.9. The number of hydrogen-bond donors (Lipinski definition) is 6. The summed E-state index contributed by atoms with van der Waals surface area (Å²) < 4.78 is 17.7. The fraction of sp³-hybridized carbons (Fsp3) is 0.808. The molecule has 1 rings (SSSR count). The summed E-state index contributed by atoms with van der Waals surface area (Å²) in [7, 11) is 0. The number of ether oxygens (including phenoxy) is 3. The fourth-order valence-electron chi connectivity index (χ4n) is 10.9. The maximum Gasteiger partial charge on any atom is 0.306 e. The van der Waals surface area contributed by atoms with E-state index in [2.05, 4.69) is 86.8 Å². The van der Waals surface area contributed by atoms with E-state index in [1.54, 1.807) is 6.08 Å². The van der Waals surface area contributed by atoms with Crippen molar-refractivity contribution in [2.75, 3.05) is 13.2 Å². The van der Waals surface area contributed by atoms with Gasteiger partial charge in [0.05, 0.1) is 25.4 Å². The molecule has 8 atom stereocenters. The van der Waals surface area contributed by atoms with Crippen molar-refractivity contribution in [2.45, 2.75) is 365 Å². The Morgan fingerprint density at radius 1 is 0.476 bits per heavy atom. The van der Waals surface area contributed by atoms with Crippen molar-refractivity contribution < 1.29 is 49.3 Å². The highest BCUT2D eigenvalue weighted by Gasteiger charge is 2.47. The molecule has 1 aliphatic heterocycles. The lowest BCUT2D eigenvalue weighted by Gasteiger charge is -2.41. The second-order valence-electron chi connectivity index (χ2n) is 24.2. The molecule has 0 aromatic carbocycles. The van der Waals surface area contributed by atoms with E-state index in [-0.39, 0.29) is 13.0 Å². The largest absolute Gasteiger partial charge is 0.454 e. The molecule has 488 valence electrons. The highest BCUT2D eigenvalue weighted by Crippen LogP contribution is 2.26. The predicted octanol–water partition coefficient (Wildman–Crippen LogP) is 17.9. The summed E-state index contributed by atoms with van der Waals surface area (Å²) in [5, 5.41) is 57.2. The Bertz CT molecular complexity index is 1640. The standard InChI is InChI=1S/C73H131NO10/c1-4-7-10-13-16-19-22-25-27-29-30-31-32-33-34-35-36-37-38-39-41-43-46-49-52-55-58-61-68(78)84-71-70(80)69(79)67(62-75)83-73(71)82-63-64(65(76)59-56-53-50-47-44-24-21-18-15-12-9-6-3)74-72(81)66(77)60-57-54-51-48-45-42-40-28-26-23-20-17-14-11-8-5-2/h7,10,16,19,25,27,30-31,33-34,56,59,64-67,69-71,73,75-77,79-80H,4-6,8-9,11-15,17-18,20-24,26,28-29,32,35-55,57-58,60-63H2,1-3H3,(H,74,81)/b10-7-,19-16-,27-25-,31-30-,34-33-,59-56+. The van der Waals surface area contributed by atoms with E-state index in [4.69, 9.17) is 14.2 Å². The van der Waals surface area contributed by atoms with Crippen molar-refractivity contribution in [2.24, 2.45) is 0 Å². The van der Waals surface area contributed by atoms with Crippen LogP contribution >= 0.6 is 0 Å². The van der Waals surface area contributed by atoms with Crippen LogP contribution in [0.2, 0.25) is 0 Å². The van der Waals surface area contributed by atoms with Gasteiger partial charge in [0.2, 0.25) is 5.91 Å². The smallest absolute Gasteiger partial charge is 0.306 e. The minimum Gasteiger partial charge on any atom is -0.454 e. The molecule has 0 spiro atoms. The second kappa shape index (κ2) is 60.4. The highest BCUT2D eigenvalue weighted by atomic mass is 16.7. The molecule has 0 aliphatic carbocycles. The average Bonchev–Trinajstić information content (AvgIpc) is 3.69. The summed E-state index contributed by atoms with van der Waals surface area (Å²) in [4.78, 5) is 26.7. The summed E-state index contributed by atoms with van der Waals surface area (Å²) >= 11 is 0. The molecule has 0 radical (unpaired) electrons. The maximum absolute atomic E-state index is 13.5. The highest BCUT2D eigenvalue weighted by molar-refractivity contribution is 5.80. The van der Waals surface area contributed by atoms with Crippen LogP contribution in [0.25, 0.3) is 0 Å². The first-order valence-corrected chi connectivity index (χ1v) is 35.2. The van der Waals surface area contributed by atoms with Crippen LogP contribution in [0.1, 0.15) is 316 Å². The van der Waals surface area contributed by atoms with Gasteiger partial charge in [-0.25, -0.2) is 0 Å². The number of nitrogens with one attached hydrogen (secondary N) is 1. The quantitative estimate of drug-likeness (QED) is 0.0195. The van der Waals surface area contributed by atoms with Crippen molar-refractivity contribution in [3.05, 3.63) is 72.9 Å². The van der Waals surface area contributed by atoms with E-state index in [0.29, 0.717) is 19.3 Å². The molecule has 0 saturated carbocycles. The molecule has 1 saturated heterocycles. The van der Waals surface area contributed by atoms with Crippen LogP contribution in [-0.4, -0.2) is 99.6 Å². The number of aliphatic hydroxyl groups is 5. The molecule has 0 aromatic rings. The summed E-state index contributed by atoms with van der Waals surface area (Å²) in [6.45, 7) is 5.71. The summed E-state index contributed by atoms with van der Waals surface area (Å²) in [5.74, 6) is -1.19. The molecule has 84 heavy (non-hydrogen) atoms. The molecular formula is C73H131NO10. The number of hydrogen-bond acceptors (Lipinski definition) is 10. The lowest BCUT2D eigenvalue weighted by Crippen LogP contribution is -2.61. The van der Waals surface area contributed by atoms with E-state index >= 15 is 0 Å². The van der Waals surface area contributed by atoms with Gasteiger partial charge in [-0.1, -0.05) is 312 Å². The zero-order valence-corrected chi connectivity index (χ0v) is 54.3. The van der Waals surface area contributed by atoms with Gasteiger partial charge < -0.3 is 45.1 Å². The molecule has 1 heterocycles. The Labute approximate surface area is 515 Å². The zero-order valence-electron chi connectivity index (χ0n) is 54.3. The predicted molar refractivity (Wildman–Crippen MR) is 352 cm³/mol. The van der Waals surface area contributed by atoms with E-state index in [1.165, 1.54) is 173 Å². The summed E-state index contributed by atoms with van der Waals surface area (Å²) in [6, 6.07) is -1.02. The SMILES string of the molecule is CC/C=C\C/C=C\C/C=C\C/C=C\C/C=C\CCCCCCCCCCCCCC(=O)OC1C(OCC(NC(=O)C(O)CCCCCCCCCCCCCCCCCC)C(O)/C=C/CCCCCCCCCCCC)OC(CO)C(O)C1O. The number of esters is 1. The number of unbranched alkanes of at least 4 members (excludes halogenated alkanes) is 36. The van der Waals surface area contributed by atoms with E-state index in [1.807, 2.05) is 6.08 Å². The number of rotatable bonds is 60. The lowest BCUT2D eigenvalue weighted by atomic mass is 9.99. The van der Waals surface area contributed by atoms with Crippen molar-refractivity contribution in [3.63, 3.8) is 0 Å². The summed E-state index contributed by atoms with van der Waals surface area (Å²) in [5.41, 5.74) is 0. The van der Waals surface area contributed by atoms with Crippen LogP contribution in [0.5, 0.6) is 0 Å². The van der Waals surface area contributed by atoms with Crippen LogP contribution < -0.4 is 5.32 Å². The Hall–Kier alpha value is -2.90. The maximum atomic E-state index is 13.5. The fourth-order valence-corrected chi connectivity index (χ4v) is 10.9. The summed E-state index contributed by atoms with van der Waals surface area (Å²) in [6.07, 6.45) is 68.0. The number of allylic oxidation sites excluding steroid dienone is 11. The molecule has 0 aromatic heterocycles. The van der Waals surface area contributed by atoms with Gasteiger partial charge in [0.1, 0.15) is 24.4 Å². The van der Waals surface area contributed by atoms with E-state index in [9.17, 15) is 35.1 Å². The first-order chi connectivity index (χ1) is 41.2. The molecule has 1 aliphatic rings. The van der Waals surface area contributed by atoms with Gasteiger partial charge in [0.25, 0.3) is 0 Å². The van der Waals surface area contributed by atoms with Gasteiger partial charge in [0, 0.05) is 6.42 Å². The molecule has 8 unspecified atom stereocenters. The van der Waals surface area contributed by atoms with Crippen LogP contribution in [0.3, 0.4) is 0 Å². The third kappa shape index (κ3) is 47.2. The molecule has 1 amide bonds. The number of aliphatic hydroxyl groups excluding tert-OH is 5. The van der Waals surface area contributed by atoms with Crippen LogP contribution in [0, 0.1) is 0 Å². The van der Waals surface area contributed by atoms with Crippen LogP contribution in [0.15, 0.2) is 72.9 Å². The van der Waals surface area contributed by atoms with Crippen molar-refractivity contribution in [1.82, 2.24) is 5.32 Å². The number of amides is 1. The van der Waals surface area contributed by atoms with Crippen molar-refractivity contribution in [1.29, 1.82) is 0 Å². The number of carbonyl (C=O) groups excluding carboxylic acids is 2. The minimum absolute atomic E-state index is 0.119. The lowest BCUT2D eigenvalue weighted by molar-refractivity contribution is -0.305. The van der Waals surface area contributed by atoms with Crippen LogP contribution in [0.4, 0.5) is 0 Å². The van der Waals surface area contributed by atoms with Crippen LogP contribution in [-0.2, 0) is 23.8 Å². The first kappa shape index (κ1) is 79.1. The van der Waals surface area contributed by atoms with Crippen molar-refractivity contribution >= 4 is 11.9 Å². The Balaban J connectivity index is 2.55. The van der Waals surface area contributed by atoms with Gasteiger partial charge >= 0.3 is 5.97 Å². The Morgan fingerprint density at radius 2 is 0.857 bits per heavy atom. The molecule has 6 N–H and O–H groups in total. The zero-order chi connectivity index (χ0) is 61.0. The molecule has 0 bridgehead atoms. The third-order valence-electron chi connectivity index (χ3n) is 16.4. The monoisotopic (exact) mass is 1180 g/mol. The van der Waals surface area contributed by atoms with Gasteiger partial charge in [-0.15, -0.1) is 0 Å². The topological polar surface area (TPSA) is 175 Å². The first-order valence-electron chi connectivity index (χ1n) is 35.2. The van der Waals surface area contributed by atoms with Crippen molar-refractivity contribution in [3.8, 4) is 0 Å². The van der Waals surface area contributed by atoms with Gasteiger partial charge in [0.15, 0.2) is 12.4 Å². The normalized spacial score (nSPS) is 18.9. The molecular weight excluding hydrogens is 1050 g/mol. The molecule has 11 nitrogen and oxygen atoms in total. The second-order valence-corrected chi connectivity index (χ2v) is 24.2. The number of carbonyl (C=O) groups is 2. The Morgan fingerprint density at radius 3 is 1.29 bits per heavy atom. The molecule has 1 fully saturated rings. The third-order valence-corrected chi connectivity index (χ3v) is 16.4. The van der Waals surface area contributed by atoms with E-state index in [0.717, 1.165) is 96.3 Å².